The first-order chi connectivity index (χ1) is 7.65. The quantitative estimate of drug-likeness (QED) is 0.859. The van der Waals surface area contributed by atoms with Crippen LogP contribution in [-0.2, 0) is 6.42 Å². The van der Waals surface area contributed by atoms with E-state index in [4.69, 9.17) is 4.42 Å². The fourth-order valence-electron chi connectivity index (χ4n) is 1.53. The molecule has 0 spiro atoms. The average Bonchev–Trinajstić information content (AvgIpc) is 2.66. The number of hydrogen-bond acceptors (Lipinski definition) is 3. The van der Waals surface area contributed by atoms with Crippen LogP contribution in [0.1, 0.15) is 18.2 Å². The summed E-state index contributed by atoms with van der Waals surface area (Å²) in [6.07, 6.45) is 1.73. The second-order valence-electron chi connectivity index (χ2n) is 4.06. The molecule has 1 N–H and O–H groups in total. The van der Waals surface area contributed by atoms with Crippen LogP contribution in [0.15, 0.2) is 34.9 Å². The highest BCUT2D eigenvalue weighted by Crippen LogP contribution is 2.19. The van der Waals surface area contributed by atoms with Crippen LogP contribution < -0.4 is 0 Å². The highest BCUT2D eigenvalue weighted by atomic mass is 16.3. The topological polar surface area (TPSA) is 46.3 Å². The Kier molecular flexibility index (Phi) is 3.06. The molecule has 0 saturated carbocycles. The van der Waals surface area contributed by atoms with Crippen molar-refractivity contribution in [2.45, 2.75) is 26.4 Å². The number of benzene rings is 1. The molecule has 84 valence electrons. The lowest BCUT2D eigenvalue weighted by molar-refractivity contribution is 0.194. The standard InChI is InChI=1S/C13H15NO2/c1-9-3-5-11(6-4-9)13-14-12(8-16-13)7-10(2)15/h3-6,8,10,15H,7H2,1-2H3. The van der Waals surface area contributed by atoms with Gasteiger partial charge in [-0.15, -0.1) is 0 Å². The second kappa shape index (κ2) is 4.49. The van der Waals surface area contributed by atoms with Crippen LogP contribution in [0.5, 0.6) is 0 Å². The number of nitrogens with zero attached hydrogens (tertiary/aromatic N) is 1. The first-order valence-corrected chi connectivity index (χ1v) is 5.34. The maximum absolute atomic E-state index is 9.24. The van der Waals surface area contributed by atoms with Crippen LogP contribution >= 0.6 is 0 Å². The van der Waals surface area contributed by atoms with Gasteiger partial charge >= 0.3 is 0 Å². The summed E-state index contributed by atoms with van der Waals surface area (Å²) in [6.45, 7) is 3.78. The fourth-order valence-corrected chi connectivity index (χ4v) is 1.53. The van der Waals surface area contributed by atoms with Crippen molar-refractivity contribution >= 4 is 0 Å². The van der Waals surface area contributed by atoms with E-state index in [2.05, 4.69) is 4.98 Å². The summed E-state index contributed by atoms with van der Waals surface area (Å²) in [5.74, 6) is 0.607. The van der Waals surface area contributed by atoms with Crippen molar-refractivity contribution in [2.24, 2.45) is 0 Å². The minimum absolute atomic E-state index is 0.393. The van der Waals surface area contributed by atoms with Gasteiger partial charge < -0.3 is 9.52 Å². The van der Waals surface area contributed by atoms with Crippen LogP contribution in [0.2, 0.25) is 0 Å². The van der Waals surface area contributed by atoms with E-state index < -0.39 is 6.10 Å². The molecule has 0 radical (unpaired) electrons. The van der Waals surface area contributed by atoms with E-state index in [0.29, 0.717) is 12.3 Å². The van der Waals surface area contributed by atoms with E-state index in [1.54, 1.807) is 13.2 Å². The van der Waals surface area contributed by atoms with Gasteiger partial charge in [0.15, 0.2) is 0 Å². The van der Waals surface area contributed by atoms with E-state index in [1.807, 2.05) is 31.2 Å². The number of hydrogen-bond donors (Lipinski definition) is 1. The summed E-state index contributed by atoms with van der Waals surface area (Å²) in [7, 11) is 0. The van der Waals surface area contributed by atoms with Crippen molar-refractivity contribution in [3.8, 4) is 11.5 Å². The average molecular weight is 217 g/mol. The second-order valence-corrected chi connectivity index (χ2v) is 4.06. The summed E-state index contributed by atoms with van der Waals surface area (Å²) >= 11 is 0. The molecule has 2 rings (SSSR count). The zero-order chi connectivity index (χ0) is 11.5. The van der Waals surface area contributed by atoms with Gasteiger partial charge in [-0.3, -0.25) is 0 Å². The molecule has 16 heavy (non-hydrogen) atoms. The zero-order valence-electron chi connectivity index (χ0n) is 9.47. The normalized spacial score (nSPS) is 12.7. The van der Waals surface area contributed by atoms with Crippen LogP contribution in [-0.4, -0.2) is 16.2 Å². The molecule has 0 bridgehead atoms. The predicted octanol–water partition coefficient (Wildman–Crippen LogP) is 2.57. The van der Waals surface area contributed by atoms with Crippen LogP contribution in [0.4, 0.5) is 0 Å². The van der Waals surface area contributed by atoms with E-state index in [9.17, 15) is 5.11 Å². The Morgan fingerprint density at radius 1 is 1.31 bits per heavy atom. The Balaban J connectivity index is 2.21. The van der Waals surface area contributed by atoms with Crippen LogP contribution in [0.3, 0.4) is 0 Å². The molecule has 1 unspecified atom stereocenters. The summed E-state index contributed by atoms with van der Waals surface area (Å²) in [4.78, 5) is 4.32. The van der Waals surface area contributed by atoms with Gasteiger partial charge in [0.25, 0.3) is 0 Å². The van der Waals surface area contributed by atoms with Gasteiger partial charge in [0, 0.05) is 12.0 Å². The van der Waals surface area contributed by atoms with Crippen molar-refractivity contribution < 1.29 is 9.52 Å². The number of aromatic nitrogens is 1. The first-order valence-electron chi connectivity index (χ1n) is 5.34. The Bertz CT molecular complexity index is 457. The monoisotopic (exact) mass is 217 g/mol. The number of aryl methyl sites for hydroxylation is 1. The smallest absolute Gasteiger partial charge is 0.226 e. The predicted molar refractivity (Wildman–Crippen MR) is 62.1 cm³/mol. The summed E-state index contributed by atoms with van der Waals surface area (Å²) in [6, 6.07) is 8.00. The van der Waals surface area contributed by atoms with Gasteiger partial charge in [-0.1, -0.05) is 17.7 Å². The number of oxazole rings is 1. The van der Waals surface area contributed by atoms with Crippen molar-refractivity contribution in [3.63, 3.8) is 0 Å². The molecule has 0 saturated heterocycles. The third-order valence-corrected chi connectivity index (χ3v) is 2.35. The summed E-state index contributed by atoms with van der Waals surface area (Å²) in [5.41, 5.74) is 2.95. The molecule has 0 aliphatic carbocycles. The molecule has 0 aliphatic heterocycles. The van der Waals surface area contributed by atoms with E-state index in [0.717, 1.165) is 11.3 Å². The summed E-state index contributed by atoms with van der Waals surface area (Å²) in [5, 5.41) is 9.24. The highest BCUT2D eigenvalue weighted by molar-refractivity contribution is 5.53. The Hall–Kier alpha value is -1.61. The molecule has 0 aliphatic rings. The number of aliphatic hydroxyl groups is 1. The van der Waals surface area contributed by atoms with E-state index in [-0.39, 0.29) is 0 Å². The van der Waals surface area contributed by atoms with Crippen molar-refractivity contribution in [2.75, 3.05) is 0 Å². The molecule has 0 amide bonds. The molecule has 0 fully saturated rings. The SMILES string of the molecule is Cc1ccc(-c2nc(CC(C)O)co2)cc1. The molecule has 1 aromatic heterocycles. The molecule has 3 heteroatoms. The van der Waals surface area contributed by atoms with Crippen molar-refractivity contribution in [3.05, 3.63) is 41.8 Å². The first kappa shape index (κ1) is 10.9. The van der Waals surface area contributed by atoms with E-state index in [1.165, 1.54) is 5.56 Å². The van der Waals surface area contributed by atoms with Gasteiger partial charge in [-0.25, -0.2) is 4.98 Å². The summed E-state index contributed by atoms with van der Waals surface area (Å²) < 4.78 is 5.37. The molecule has 2 aromatic rings. The lowest BCUT2D eigenvalue weighted by Gasteiger charge is -1.98. The van der Waals surface area contributed by atoms with E-state index >= 15 is 0 Å². The minimum atomic E-state index is -0.393. The van der Waals surface area contributed by atoms with Gasteiger partial charge in [-0.2, -0.15) is 0 Å². The van der Waals surface area contributed by atoms with Gasteiger partial charge in [0.2, 0.25) is 5.89 Å². The van der Waals surface area contributed by atoms with Gasteiger partial charge in [-0.05, 0) is 26.0 Å². The maximum Gasteiger partial charge on any atom is 0.226 e. The molecule has 3 nitrogen and oxygen atoms in total. The van der Waals surface area contributed by atoms with Gasteiger partial charge in [0.05, 0.1) is 11.8 Å². The molecule has 1 aromatic carbocycles. The van der Waals surface area contributed by atoms with Gasteiger partial charge in [0.1, 0.15) is 6.26 Å². The third-order valence-electron chi connectivity index (χ3n) is 2.35. The van der Waals surface area contributed by atoms with Crippen LogP contribution in [0.25, 0.3) is 11.5 Å². The lowest BCUT2D eigenvalue weighted by Crippen LogP contribution is -2.04. The fraction of sp³-hybridized carbons (Fsp3) is 0.308. The highest BCUT2D eigenvalue weighted by Gasteiger charge is 2.08. The number of aliphatic hydroxyl groups excluding tert-OH is 1. The largest absolute Gasteiger partial charge is 0.444 e. The van der Waals surface area contributed by atoms with Crippen molar-refractivity contribution in [1.82, 2.24) is 4.98 Å². The molecule has 1 atom stereocenters. The maximum atomic E-state index is 9.24. The Labute approximate surface area is 94.8 Å². The zero-order valence-corrected chi connectivity index (χ0v) is 9.47. The minimum Gasteiger partial charge on any atom is -0.444 e. The van der Waals surface area contributed by atoms with Crippen molar-refractivity contribution in [1.29, 1.82) is 0 Å². The van der Waals surface area contributed by atoms with Crippen LogP contribution in [0, 0.1) is 6.92 Å². The molecular formula is C13H15NO2. The molecular weight excluding hydrogens is 202 g/mol. The third kappa shape index (κ3) is 2.49. The Morgan fingerprint density at radius 2 is 2.00 bits per heavy atom. The Morgan fingerprint density at radius 3 is 2.62 bits per heavy atom. The number of rotatable bonds is 3. The molecule has 1 heterocycles. The lowest BCUT2D eigenvalue weighted by atomic mass is 10.1.